The summed E-state index contributed by atoms with van der Waals surface area (Å²) < 4.78 is 2.24. The summed E-state index contributed by atoms with van der Waals surface area (Å²) in [6, 6.07) is 6.20. The molecule has 2 atom stereocenters. The largest absolute Gasteiger partial charge is 0.304 e. The Balaban J connectivity index is 2.37. The number of aromatic nitrogens is 2. The van der Waals surface area contributed by atoms with E-state index in [0.29, 0.717) is 11.8 Å². The second-order valence-corrected chi connectivity index (χ2v) is 4.35. The minimum atomic E-state index is 0.625. The quantitative estimate of drug-likeness (QED) is 0.618. The van der Waals surface area contributed by atoms with Crippen molar-refractivity contribution in [3.05, 3.63) is 35.8 Å². The van der Waals surface area contributed by atoms with Gasteiger partial charge in [0.2, 0.25) is 0 Å². The maximum absolute atomic E-state index is 4.69. The Hall–Kier alpha value is -1.31. The fourth-order valence-electron chi connectivity index (χ4n) is 2.64. The van der Waals surface area contributed by atoms with E-state index < -0.39 is 0 Å². The zero-order valence-corrected chi connectivity index (χ0v) is 8.57. The molecule has 0 spiro atoms. The van der Waals surface area contributed by atoms with Crippen molar-refractivity contribution >= 4 is 5.65 Å². The zero-order chi connectivity index (χ0) is 9.71. The molecule has 0 fully saturated rings. The molecule has 1 aliphatic rings. The predicted octanol–water partition coefficient (Wildman–Crippen LogP) is 2.95. The second kappa shape index (κ2) is 2.59. The molecule has 0 saturated carbocycles. The third kappa shape index (κ3) is 0.884. The van der Waals surface area contributed by atoms with Gasteiger partial charge in [0.05, 0.1) is 5.69 Å². The van der Waals surface area contributed by atoms with Crippen LogP contribution in [-0.2, 0) is 0 Å². The third-order valence-electron chi connectivity index (χ3n) is 3.24. The van der Waals surface area contributed by atoms with Gasteiger partial charge in [0, 0.05) is 17.8 Å². The predicted molar refractivity (Wildman–Crippen MR) is 56.6 cm³/mol. The highest BCUT2D eigenvalue weighted by molar-refractivity contribution is 5.46. The molecule has 2 unspecified atom stereocenters. The van der Waals surface area contributed by atoms with E-state index in [1.165, 1.54) is 17.8 Å². The van der Waals surface area contributed by atoms with Gasteiger partial charge in [-0.3, -0.25) is 0 Å². The van der Waals surface area contributed by atoms with Gasteiger partial charge in [0.15, 0.2) is 0 Å². The van der Waals surface area contributed by atoms with Crippen molar-refractivity contribution in [1.82, 2.24) is 9.38 Å². The second-order valence-electron chi connectivity index (χ2n) is 4.35. The highest BCUT2D eigenvalue weighted by Crippen LogP contribution is 2.40. The maximum Gasteiger partial charge on any atom is 0.137 e. The van der Waals surface area contributed by atoms with Crippen LogP contribution in [0.2, 0.25) is 0 Å². The van der Waals surface area contributed by atoms with Crippen LogP contribution in [0.5, 0.6) is 0 Å². The molecule has 2 heterocycles. The first-order valence-corrected chi connectivity index (χ1v) is 5.24. The monoisotopic (exact) mass is 186 g/mol. The Kier molecular flexibility index (Phi) is 1.49. The van der Waals surface area contributed by atoms with E-state index in [1.807, 2.05) is 6.07 Å². The van der Waals surface area contributed by atoms with Crippen molar-refractivity contribution < 1.29 is 0 Å². The Bertz CT molecular complexity index is 484. The molecular weight excluding hydrogens is 172 g/mol. The van der Waals surface area contributed by atoms with Crippen molar-refractivity contribution in [1.29, 1.82) is 0 Å². The van der Waals surface area contributed by atoms with Crippen LogP contribution in [-0.4, -0.2) is 9.38 Å². The highest BCUT2D eigenvalue weighted by atomic mass is 15.0. The number of pyridine rings is 1. The van der Waals surface area contributed by atoms with Gasteiger partial charge < -0.3 is 4.40 Å². The Morgan fingerprint density at radius 1 is 1.29 bits per heavy atom. The molecule has 14 heavy (non-hydrogen) atoms. The van der Waals surface area contributed by atoms with Crippen LogP contribution in [0.3, 0.4) is 0 Å². The lowest BCUT2D eigenvalue weighted by atomic mass is 10.1. The van der Waals surface area contributed by atoms with Crippen LogP contribution >= 0.6 is 0 Å². The first-order chi connectivity index (χ1) is 6.77. The fraction of sp³-hybridized carbons (Fsp3) is 0.417. The Morgan fingerprint density at radius 3 is 3.00 bits per heavy atom. The average molecular weight is 186 g/mol. The van der Waals surface area contributed by atoms with E-state index in [1.54, 1.807) is 0 Å². The molecule has 2 aromatic heterocycles. The van der Waals surface area contributed by atoms with Gasteiger partial charge in [-0.1, -0.05) is 19.9 Å². The fourth-order valence-corrected chi connectivity index (χ4v) is 2.64. The summed E-state index contributed by atoms with van der Waals surface area (Å²) in [5, 5.41) is 0. The van der Waals surface area contributed by atoms with Gasteiger partial charge in [0.1, 0.15) is 5.65 Å². The molecule has 2 heteroatoms. The first kappa shape index (κ1) is 8.04. The third-order valence-corrected chi connectivity index (χ3v) is 3.24. The van der Waals surface area contributed by atoms with Crippen LogP contribution < -0.4 is 0 Å². The highest BCUT2D eigenvalue weighted by Gasteiger charge is 2.29. The molecule has 0 aromatic carbocycles. The normalized spacial score (nSPS) is 25.6. The molecule has 2 aromatic rings. The minimum absolute atomic E-state index is 0.625. The van der Waals surface area contributed by atoms with E-state index in [9.17, 15) is 0 Å². The lowest BCUT2D eigenvalue weighted by Crippen LogP contribution is -1.93. The molecule has 0 saturated heterocycles. The number of hydrogen-bond acceptors (Lipinski definition) is 1. The summed E-state index contributed by atoms with van der Waals surface area (Å²) in [6.45, 7) is 4.57. The summed E-state index contributed by atoms with van der Waals surface area (Å²) in [4.78, 5) is 4.69. The number of rotatable bonds is 0. The molecule has 2 nitrogen and oxygen atoms in total. The summed E-state index contributed by atoms with van der Waals surface area (Å²) >= 11 is 0. The van der Waals surface area contributed by atoms with Crippen LogP contribution in [0.15, 0.2) is 24.4 Å². The van der Waals surface area contributed by atoms with Crippen molar-refractivity contribution in [2.45, 2.75) is 32.1 Å². The van der Waals surface area contributed by atoms with E-state index in [-0.39, 0.29) is 0 Å². The van der Waals surface area contributed by atoms with Gasteiger partial charge in [-0.25, -0.2) is 4.98 Å². The van der Waals surface area contributed by atoms with E-state index in [4.69, 9.17) is 0 Å². The van der Waals surface area contributed by atoms with Crippen molar-refractivity contribution in [2.24, 2.45) is 0 Å². The van der Waals surface area contributed by atoms with E-state index in [2.05, 4.69) is 41.6 Å². The maximum atomic E-state index is 4.69. The van der Waals surface area contributed by atoms with Crippen LogP contribution in [0.25, 0.3) is 5.65 Å². The molecule has 72 valence electrons. The molecule has 1 aliphatic carbocycles. The summed E-state index contributed by atoms with van der Waals surface area (Å²) in [5.74, 6) is 1.28. The summed E-state index contributed by atoms with van der Waals surface area (Å²) in [6.07, 6.45) is 3.37. The van der Waals surface area contributed by atoms with Gasteiger partial charge in [0.25, 0.3) is 0 Å². The zero-order valence-electron chi connectivity index (χ0n) is 8.57. The molecule has 3 rings (SSSR count). The van der Waals surface area contributed by atoms with E-state index in [0.717, 1.165) is 5.65 Å². The lowest BCUT2D eigenvalue weighted by molar-refractivity contribution is 0.642. The smallest absolute Gasteiger partial charge is 0.137 e. The lowest BCUT2D eigenvalue weighted by Gasteiger charge is -2.04. The topological polar surface area (TPSA) is 17.3 Å². The summed E-state index contributed by atoms with van der Waals surface area (Å²) in [5.41, 5.74) is 3.83. The number of imidazole rings is 1. The standard InChI is InChI=1S/C12H14N2/c1-8-7-9(2)12-11(8)13-10-5-3-4-6-14(10)12/h3-6,8-9H,7H2,1-2H3. The van der Waals surface area contributed by atoms with Crippen LogP contribution in [0, 0.1) is 0 Å². The van der Waals surface area contributed by atoms with Gasteiger partial charge in [-0.05, 0) is 24.5 Å². The van der Waals surface area contributed by atoms with E-state index >= 15 is 0 Å². The van der Waals surface area contributed by atoms with Gasteiger partial charge in [-0.2, -0.15) is 0 Å². The molecule has 0 N–H and O–H groups in total. The molecular formula is C12H14N2. The Morgan fingerprint density at radius 2 is 2.14 bits per heavy atom. The summed E-state index contributed by atoms with van der Waals surface area (Å²) in [7, 11) is 0. The average Bonchev–Trinajstić information content (AvgIpc) is 2.66. The van der Waals surface area contributed by atoms with Crippen molar-refractivity contribution in [3.63, 3.8) is 0 Å². The molecule has 0 amide bonds. The molecule has 0 radical (unpaired) electrons. The number of fused-ring (bicyclic) bond motifs is 3. The van der Waals surface area contributed by atoms with Crippen molar-refractivity contribution in [2.75, 3.05) is 0 Å². The Labute approximate surface area is 83.6 Å². The number of hydrogen-bond donors (Lipinski definition) is 0. The number of nitrogens with zero attached hydrogens (tertiary/aromatic N) is 2. The molecule has 0 aliphatic heterocycles. The SMILES string of the molecule is CC1CC(C)c2c1nc1ccccn21. The van der Waals surface area contributed by atoms with Gasteiger partial charge in [-0.15, -0.1) is 0 Å². The first-order valence-electron chi connectivity index (χ1n) is 5.24. The molecule has 0 bridgehead atoms. The van der Waals surface area contributed by atoms with Crippen LogP contribution in [0.1, 0.15) is 43.5 Å². The van der Waals surface area contributed by atoms with Gasteiger partial charge >= 0.3 is 0 Å². The van der Waals surface area contributed by atoms with Crippen LogP contribution in [0.4, 0.5) is 0 Å². The van der Waals surface area contributed by atoms with Crippen molar-refractivity contribution in [3.8, 4) is 0 Å². The minimum Gasteiger partial charge on any atom is -0.304 e.